The Morgan fingerprint density at radius 2 is 1.67 bits per heavy atom. The molecule has 0 aliphatic heterocycles. The second-order valence-electron chi connectivity index (χ2n) is 5.50. The highest BCUT2D eigenvalue weighted by molar-refractivity contribution is 5.81. The van der Waals surface area contributed by atoms with Crippen LogP contribution in [0.3, 0.4) is 0 Å². The van der Waals surface area contributed by atoms with Crippen molar-refractivity contribution >= 4 is 10.8 Å². The van der Waals surface area contributed by atoms with Crippen LogP contribution < -0.4 is 27.0 Å². The SMILES string of the molecule is N=c1c(=O)c(=O)c2ccccc2/c1=N/NC1CCCCC1. The summed E-state index contributed by atoms with van der Waals surface area (Å²) in [5, 5.41) is 13.0. The summed E-state index contributed by atoms with van der Waals surface area (Å²) >= 11 is 0. The highest BCUT2D eigenvalue weighted by atomic mass is 16.2. The van der Waals surface area contributed by atoms with Crippen molar-refractivity contribution in [1.82, 2.24) is 5.43 Å². The van der Waals surface area contributed by atoms with Crippen molar-refractivity contribution in [2.24, 2.45) is 5.10 Å². The van der Waals surface area contributed by atoms with Crippen LogP contribution in [0.1, 0.15) is 32.1 Å². The first-order valence-corrected chi connectivity index (χ1v) is 7.29. The van der Waals surface area contributed by atoms with Crippen molar-refractivity contribution in [3.8, 4) is 0 Å². The first kappa shape index (κ1) is 13.7. The van der Waals surface area contributed by atoms with Crippen molar-refractivity contribution in [2.45, 2.75) is 38.1 Å². The second kappa shape index (κ2) is 5.60. The zero-order chi connectivity index (χ0) is 14.8. The number of rotatable bonds is 2. The molecule has 0 heterocycles. The molecule has 0 amide bonds. The van der Waals surface area contributed by atoms with Crippen LogP contribution in [0.4, 0.5) is 0 Å². The fourth-order valence-corrected chi connectivity index (χ4v) is 2.87. The summed E-state index contributed by atoms with van der Waals surface area (Å²) in [6.45, 7) is 0. The van der Waals surface area contributed by atoms with Crippen LogP contribution >= 0.6 is 0 Å². The maximum atomic E-state index is 11.9. The Morgan fingerprint density at radius 3 is 2.38 bits per heavy atom. The maximum Gasteiger partial charge on any atom is 0.253 e. The van der Waals surface area contributed by atoms with Gasteiger partial charge >= 0.3 is 0 Å². The van der Waals surface area contributed by atoms with Crippen molar-refractivity contribution in [1.29, 1.82) is 5.41 Å². The molecule has 0 aromatic heterocycles. The number of hydrogen-bond donors (Lipinski definition) is 2. The van der Waals surface area contributed by atoms with Gasteiger partial charge < -0.3 is 5.43 Å². The molecular weight excluding hydrogens is 266 g/mol. The molecule has 5 heteroatoms. The Labute approximate surface area is 121 Å². The molecule has 2 aromatic rings. The van der Waals surface area contributed by atoms with Crippen LogP contribution in [0, 0.1) is 5.41 Å². The maximum absolute atomic E-state index is 11.9. The molecule has 3 rings (SSSR count). The van der Waals surface area contributed by atoms with Gasteiger partial charge in [0.25, 0.3) is 5.43 Å². The van der Waals surface area contributed by atoms with Gasteiger partial charge in [-0.1, -0.05) is 43.5 Å². The fourth-order valence-electron chi connectivity index (χ4n) is 2.87. The molecule has 108 valence electrons. The first-order valence-electron chi connectivity index (χ1n) is 7.29. The van der Waals surface area contributed by atoms with Gasteiger partial charge in [0.1, 0.15) is 10.7 Å². The second-order valence-corrected chi connectivity index (χ2v) is 5.50. The molecule has 1 aliphatic carbocycles. The highest BCUT2D eigenvalue weighted by Crippen LogP contribution is 2.17. The smallest absolute Gasteiger partial charge is 0.253 e. The lowest BCUT2D eigenvalue weighted by Crippen LogP contribution is -2.48. The van der Waals surface area contributed by atoms with E-state index < -0.39 is 10.9 Å². The summed E-state index contributed by atoms with van der Waals surface area (Å²) in [7, 11) is 0. The molecule has 0 spiro atoms. The molecule has 1 aliphatic rings. The number of benzene rings is 2. The number of hydrogen-bond acceptors (Lipinski definition) is 5. The van der Waals surface area contributed by atoms with Gasteiger partial charge in [-0.25, -0.2) is 0 Å². The third kappa shape index (κ3) is 2.51. The third-order valence-electron chi connectivity index (χ3n) is 4.06. The minimum atomic E-state index is -0.780. The number of fused-ring (bicyclic) bond motifs is 1. The van der Waals surface area contributed by atoms with Gasteiger partial charge in [0, 0.05) is 16.8 Å². The van der Waals surface area contributed by atoms with E-state index in [4.69, 9.17) is 5.41 Å². The lowest BCUT2D eigenvalue weighted by atomic mass is 9.96. The molecule has 0 unspecified atom stereocenters. The predicted octanol–water partition coefficient (Wildman–Crippen LogP) is 0.653. The summed E-state index contributed by atoms with van der Waals surface area (Å²) < 4.78 is 0. The average molecular weight is 283 g/mol. The molecule has 0 saturated heterocycles. The molecule has 2 aromatic carbocycles. The standard InChI is InChI=1S/C16H17N3O2/c17-13-14(19-18-10-6-2-1-3-7-10)11-8-4-5-9-12(11)15(20)16(13)21/h4-5,8-10,17-18H,1-3,6-7H2/b17-13?,19-14-. The van der Waals surface area contributed by atoms with E-state index >= 15 is 0 Å². The van der Waals surface area contributed by atoms with E-state index in [1.807, 2.05) is 0 Å². The van der Waals surface area contributed by atoms with E-state index in [2.05, 4.69) is 10.5 Å². The quantitative estimate of drug-likeness (QED) is 0.627. The molecular formula is C16H17N3O2. The summed E-state index contributed by atoms with van der Waals surface area (Å²) in [6.07, 6.45) is 5.71. The van der Waals surface area contributed by atoms with Crippen molar-refractivity contribution in [2.75, 3.05) is 0 Å². The molecule has 1 saturated carbocycles. The van der Waals surface area contributed by atoms with E-state index in [0.29, 0.717) is 16.8 Å². The monoisotopic (exact) mass is 283 g/mol. The molecule has 0 atom stereocenters. The highest BCUT2D eigenvalue weighted by Gasteiger charge is 2.13. The van der Waals surface area contributed by atoms with E-state index in [0.717, 1.165) is 12.8 Å². The minimum Gasteiger partial charge on any atom is -0.306 e. The van der Waals surface area contributed by atoms with Gasteiger partial charge in [-0.3, -0.25) is 15.0 Å². The van der Waals surface area contributed by atoms with Crippen molar-refractivity contribution in [3.05, 3.63) is 55.4 Å². The van der Waals surface area contributed by atoms with Gasteiger partial charge in [-0.2, -0.15) is 5.10 Å². The Bertz CT molecular complexity index is 873. The summed E-state index contributed by atoms with van der Waals surface area (Å²) in [6, 6.07) is 7.13. The number of nitrogens with zero attached hydrogens (tertiary/aromatic N) is 1. The molecule has 0 bridgehead atoms. The van der Waals surface area contributed by atoms with Crippen LogP contribution in [0.15, 0.2) is 39.0 Å². The number of nitrogens with one attached hydrogen (secondary N) is 2. The van der Waals surface area contributed by atoms with Gasteiger partial charge in [0.2, 0.25) is 5.43 Å². The van der Waals surface area contributed by atoms with E-state index in [-0.39, 0.29) is 10.7 Å². The normalized spacial score (nSPS) is 17.2. The molecule has 1 fully saturated rings. The Kier molecular flexibility index (Phi) is 3.64. The van der Waals surface area contributed by atoms with E-state index in [1.165, 1.54) is 19.3 Å². The average Bonchev–Trinajstić information content (AvgIpc) is 2.54. The van der Waals surface area contributed by atoms with Crippen LogP contribution in [0.25, 0.3) is 10.8 Å². The topological polar surface area (TPSA) is 82.4 Å². The minimum absolute atomic E-state index is 0.278. The Hall–Kier alpha value is -2.30. The predicted molar refractivity (Wildman–Crippen MR) is 80.3 cm³/mol. The van der Waals surface area contributed by atoms with E-state index in [1.54, 1.807) is 24.3 Å². The lowest BCUT2D eigenvalue weighted by molar-refractivity contribution is 0.377. The lowest BCUT2D eigenvalue weighted by Gasteiger charge is -2.20. The summed E-state index contributed by atoms with van der Waals surface area (Å²) in [5.74, 6) is 0. The zero-order valence-corrected chi connectivity index (χ0v) is 11.7. The van der Waals surface area contributed by atoms with Gasteiger partial charge in [0.15, 0.2) is 0 Å². The van der Waals surface area contributed by atoms with Crippen LogP contribution in [0.5, 0.6) is 0 Å². The van der Waals surface area contributed by atoms with Crippen molar-refractivity contribution < 1.29 is 0 Å². The Morgan fingerprint density at radius 1 is 1.00 bits per heavy atom. The van der Waals surface area contributed by atoms with Crippen LogP contribution in [-0.4, -0.2) is 6.04 Å². The first-order chi connectivity index (χ1) is 10.2. The zero-order valence-electron chi connectivity index (χ0n) is 11.7. The summed E-state index contributed by atoms with van der Waals surface area (Å²) in [4.78, 5) is 23.8. The van der Waals surface area contributed by atoms with Gasteiger partial charge in [-0.05, 0) is 12.8 Å². The summed E-state index contributed by atoms with van der Waals surface area (Å²) in [5.41, 5.74) is 1.68. The molecule has 2 N–H and O–H groups in total. The van der Waals surface area contributed by atoms with Gasteiger partial charge in [0.05, 0.1) is 0 Å². The van der Waals surface area contributed by atoms with Crippen LogP contribution in [-0.2, 0) is 0 Å². The Balaban J connectivity index is 2.15. The molecule has 5 nitrogen and oxygen atoms in total. The fraction of sp³-hybridized carbons (Fsp3) is 0.375. The molecule has 21 heavy (non-hydrogen) atoms. The van der Waals surface area contributed by atoms with E-state index in [9.17, 15) is 9.59 Å². The third-order valence-corrected chi connectivity index (χ3v) is 4.06. The molecule has 0 radical (unpaired) electrons. The van der Waals surface area contributed by atoms with Crippen molar-refractivity contribution in [3.63, 3.8) is 0 Å². The largest absolute Gasteiger partial charge is 0.306 e. The van der Waals surface area contributed by atoms with Crippen LogP contribution in [0.2, 0.25) is 0 Å². The van der Waals surface area contributed by atoms with Gasteiger partial charge in [-0.15, -0.1) is 0 Å².